The molecule has 1 aliphatic rings. The maximum absolute atomic E-state index is 12.6. The van der Waals surface area contributed by atoms with Gasteiger partial charge in [-0.15, -0.1) is 0 Å². The monoisotopic (exact) mass is 346 g/mol. The largest absolute Gasteiger partial charge is 0.372 e. The van der Waals surface area contributed by atoms with E-state index in [-0.39, 0.29) is 33.6 Å². The second-order valence-corrected chi connectivity index (χ2v) is 7.61. The quantitative estimate of drug-likeness (QED) is 0.899. The zero-order chi connectivity index (χ0) is 16.5. The van der Waals surface area contributed by atoms with Gasteiger partial charge in [-0.05, 0) is 39.1 Å². The summed E-state index contributed by atoms with van der Waals surface area (Å²) in [5.74, 6) is -0.292. The van der Waals surface area contributed by atoms with Gasteiger partial charge < -0.3 is 9.64 Å². The Hall–Kier alpha value is -1.15. The molecule has 6 nitrogen and oxygen atoms in total. The maximum atomic E-state index is 12.6. The van der Waals surface area contributed by atoms with Crippen LogP contribution in [0.3, 0.4) is 0 Å². The predicted molar refractivity (Wildman–Crippen MR) is 83.6 cm³/mol. The first-order chi connectivity index (χ1) is 10.2. The molecular weight excluding hydrogens is 328 g/mol. The summed E-state index contributed by atoms with van der Waals surface area (Å²) in [7, 11) is -2.31. The Balaban J connectivity index is 2.35. The second-order valence-electron chi connectivity index (χ2n) is 5.32. The van der Waals surface area contributed by atoms with E-state index < -0.39 is 10.0 Å². The van der Waals surface area contributed by atoms with E-state index in [0.717, 1.165) is 0 Å². The Morgan fingerprint density at radius 1 is 1.32 bits per heavy atom. The number of benzene rings is 1. The van der Waals surface area contributed by atoms with Gasteiger partial charge in [0.15, 0.2) is 0 Å². The van der Waals surface area contributed by atoms with Crippen molar-refractivity contribution in [2.45, 2.75) is 31.0 Å². The minimum atomic E-state index is -3.63. The Kier molecular flexibility index (Phi) is 5.11. The maximum Gasteiger partial charge on any atom is 0.255 e. The third kappa shape index (κ3) is 3.60. The van der Waals surface area contributed by atoms with Crippen LogP contribution in [0.1, 0.15) is 24.2 Å². The van der Waals surface area contributed by atoms with Gasteiger partial charge in [-0.1, -0.05) is 11.6 Å². The molecule has 1 aromatic carbocycles. The summed E-state index contributed by atoms with van der Waals surface area (Å²) in [5.41, 5.74) is 0.180. The lowest BCUT2D eigenvalue weighted by molar-refractivity contribution is -0.0586. The van der Waals surface area contributed by atoms with E-state index in [9.17, 15) is 13.2 Å². The minimum absolute atomic E-state index is 0.0112. The van der Waals surface area contributed by atoms with Gasteiger partial charge in [0.05, 0.1) is 27.7 Å². The number of carbonyl (C=O) groups is 1. The molecule has 1 amide bonds. The number of morpholine rings is 1. The highest BCUT2D eigenvalue weighted by molar-refractivity contribution is 7.89. The van der Waals surface area contributed by atoms with Gasteiger partial charge in [-0.2, -0.15) is 0 Å². The smallest absolute Gasteiger partial charge is 0.255 e. The average molecular weight is 347 g/mol. The number of halogens is 1. The fourth-order valence-electron chi connectivity index (χ4n) is 2.47. The third-order valence-corrected chi connectivity index (χ3v) is 5.20. The van der Waals surface area contributed by atoms with Crippen LogP contribution >= 0.6 is 11.6 Å². The molecule has 1 aliphatic heterocycles. The summed E-state index contributed by atoms with van der Waals surface area (Å²) in [6.07, 6.45) is -0.147. The van der Waals surface area contributed by atoms with Gasteiger partial charge in [0, 0.05) is 13.1 Å². The van der Waals surface area contributed by atoms with E-state index in [0.29, 0.717) is 13.1 Å². The number of sulfonamides is 1. The van der Waals surface area contributed by atoms with Crippen LogP contribution in [0.15, 0.2) is 23.1 Å². The van der Waals surface area contributed by atoms with Crippen molar-refractivity contribution in [2.75, 3.05) is 20.1 Å². The van der Waals surface area contributed by atoms with Gasteiger partial charge in [-0.25, -0.2) is 13.1 Å². The standard InChI is InChI=1S/C14H19ClN2O4S/c1-9-7-17(8-10(2)21-9)14(18)12-6-11(4-5-13(12)15)22(19,20)16-3/h4-6,9-10,16H,7-8H2,1-3H3/t9-,10-/m1/s1. The molecule has 0 saturated carbocycles. The summed E-state index contributed by atoms with van der Waals surface area (Å²) >= 11 is 6.08. The number of carbonyl (C=O) groups excluding carboxylic acids is 1. The zero-order valence-electron chi connectivity index (χ0n) is 12.7. The highest BCUT2D eigenvalue weighted by Gasteiger charge is 2.28. The van der Waals surface area contributed by atoms with Crippen LogP contribution in [-0.4, -0.2) is 51.6 Å². The number of ether oxygens (including phenoxy) is 1. The van der Waals surface area contributed by atoms with Crippen LogP contribution in [-0.2, 0) is 14.8 Å². The molecule has 0 radical (unpaired) electrons. The van der Waals surface area contributed by atoms with Gasteiger partial charge in [0.1, 0.15) is 0 Å². The molecule has 0 bridgehead atoms. The van der Waals surface area contributed by atoms with Crippen molar-refractivity contribution < 1.29 is 17.9 Å². The summed E-state index contributed by atoms with van der Waals surface area (Å²) in [4.78, 5) is 14.3. The second kappa shape index (κ2) is 6.54. The van der Waals surface area contributed by atoms with E-state index in [1.54, 1.807) is 4.90 Å². The number of hydrogen-bond donors (Lipinski definition) is 1. The molecule has 1 fully saturated rings. The van der Waals surface area contributed by atoms with Gasteiger partial charge in [0.2, 0.25) is 10.0 Å². The molecular formula is C14H19ClN2O4S. The third-order valence-electron chi connectivity index (χ3n) is 3.45. The van der Waals surface area contributed by atoms with Gasteiger partial charge in [-0.3, -0.25) is 4.79 Å². The Bertz CT molecular complexity index is 667. The fourth-order valence-corrected chi connectivity index (χ4v) is 3.42. The first-order valence-electron chi connectivity index (χ1n) is 6.92. The highest BCUT2D eigenvalue weighted by atomic mass is 35.5. The molecule has 2 rings (SSSR count). The molecule has 1 N–H and O–H groups in total. The summed E-state index contributed by atoms with van der Waals surface area (Å²) in [6.45, 7) is 4.67. The van der Waals surface area contributed by atoms with Crippen molar-refractivity contribution in [3.63, 3.8) is 0 Å². The lowest BCUT2D eigenvalue weighted by Gasteiger charge is -2.35. The molecule has 1 saturated heterocycles. The van der Waals surface area contributed by atoms with Crippen LogP contribution in [0, 0.1) is 0 Å². The molecule has 0 unspecified atom stereocenters. The summed E-state index contributed by atoms with van der Waals surface area (Å²) < 4.78 is 31.6. The molecule has 1 heterocycles. The van der Waals surface area contributed by atoms with Crippen molar-refractivity contribution in [3.8, 4) is 0 Å². The number of rotatable bonds is 3. The predicted octanol–water partition coefficient (Wildman–Crippen LogP) is 1.50. The van der Waals surface area contributed by atoms with E-state index in [1.807, 2.05) is 13.8 Å². The highest BCUT2D eigenvalue weighted by Crippen LogP contribution is 2.23. The number of nitrogens with one attached hydrogen (secondary N) is 1. The molecule has 0 aliphatic carbocycles. The van der Waals surface area contributed by atoms with Crippen LogP contribution < -0.4 is 4.72 Å². The van der Waals surface area contributed by atoms with E-state index in [2.05, 4.69) is 4.72 Å². The summed E-state index contributed by atoms with van der Waals surface area (Å²) in [6, 6.07) is 4.10. The molecule has 8 heteroatoms. The van der Waals surface area contributed by atoms with Crippen LogP contribution in [0.2, 0.25) is 5.02 Å². The van der Waals surface area contributed by atoms with E-state index in [1.165, 1.54) is 25.2 Å². The molecule has 2 atom stereocenters. The lowest BCUT2D eigenvalue weighted by Crippen LogP contribution is -2.48. The Morgan fingerprint density at radius 2 is 1.91 bits per heavy atom. The minimum Gasteiger partial charge on any atom is -0.372 e. The van der Waals surface area contributed by atoms with Crippen molar-refractivity contribution >= 4 is 27.5 Å². The molecule has 122 valence electrons. The van der Waals surface area contributed by atoms with Gasteiger partial charge in [0.25, 0.3) is 5.91 Å². The number of hydrogen-bond acceptors (Lipinski definition) is 4. The molecule has 0 aromatic heterocycles. The number of amides is 1. The van der Waals surface area contributed by atoms with Gasteiger partial charge >= 0.3 is 0 Å². The van der Waals surface area contributed by atoms with Crippen LogP contribution in [0.25, 0.3) is 0 Å². The first-order valence-corrected chi connectivity index (χ1v) is 8.78. The fraction of sp³-hybridized carbons (Fsp3) is 0.500. The van der Waals surface area contributed by atoms with Crippen molar-refractivity contribution in [3.05, 3.63) is 28.8 Å². The number of nitrogens with zero attached hydrogens (tertiary/aromatic N) is 1. The topological polar surface area (TPSA) is 75.7 Å². The van der Waals surface area contributed by atoms with Crippen molar-refractivity contribution in [1.29, 1.82) is 0 Å². The average Bonchev–Trinajstić information content (AvgIpc) is 2.45. The molecule has 1 aromatic rings. The van der Waals surface area contributed by atoms with Crippen LogP contribution in [0.5, 0.6) is 0 Å². The lowest BCUT2D eigenvalue weighted by atomic mass is 10.1. The molecule has 0 spiro atoms. The Labute approximate surface area is 135 Å². The zero-order valence-corrected chi connectivity index (χ0v) is 14.2. The van der Waals surface area contributed by atoms with Crippen molar-refractivity contribution in [2.24, 2.45) is 0 Å². The molecule has 22 heavy (non-hydrogen) atoms. The van der Waals surface area contributed by atoms with E-state index >= 15 is 0 Å². The van der Waals surface area contributed by atoms with Crippen molar-refractivity contribution in [1.82, 2.24) is 9.62 Å². The first kappa shape index (κ1) is 17.2. The van der Waals surface area contributed by atoms with Crippen LogP contribution in [0.4, 0.5) is 0 Å². The van der Waals surface area contributed by atoms with E-state index in [4.69, 9.17) is 16.3 Å². The normalized spacial score (nSPS) is 22.6. The summed E-state index contributed by atoms with van der Waals surface area (Å²) in [5, 5.41) is 0.229. The SMILES string of the molecule is CNS(=O)(=O)c1ccc(Cl)c(C(=O)N2C[C@@H](C)O[C@H](C)C2)c1. The Morgan fingerprint density at radius 3 is 2.45 bits per heavy atom.